The second kappa shape index (κ2) is 9.91. The number of rotatable bonds is 6. The van der Waals surface area contributed by atoms with Crippen LogP contribution in [0.3, 0.4) is 0 Å². The quantitative estimate of drug-likeness (QED) is 0.407. The summed E-state index contributed by atoms with van der Waals surface area (Å²) in [4.78, 5) is 13.3. The molecule has 1 saturated carbocycles. The maximum atomic E-state index is 10.3. The van der Waals surface area contributed by atoms with E-state index in [0.29, 0.717) is 23.8 Å². The lowest BCUT2D eigenvalue weighted by molar-refractivity contribution is 0.116. The Bertz CT molecular complexity index is 1180. The predicted molar refractivity (Wildman–Crippen MR) is 131 cm³/mol. The van der Waals surface area contributed by atoms with Crippen LogP contribution in [0.5, 0.6) is 5.75 Å². The Morgan fingerprint density at radius 2 is 2.03 bits per heavy atom. The third kappa shape index (κ3) is 6.11. The first-order valence-electron chi connectivity index (χ1n) is 11.0. The monoisotopic (exact) mass is 467 g/mol. The number of methoxy groups -OCH3 is 1. The molecule has 2 aromatic heterocycles. The van der Waals surface area contributed by atoms with Crippen LogP contribution in [0.15, 0.2) is 24.5 Å². The minimum absolute atomic E-state index is 0.0387. The fourth-order valence-electron chi connectivity index (χ4n) is 3.73. The summed E-state index contributed by atoms with van der Waals surface area (Å²) in [5, 5.41) is 27.5. The number of fused-ring (bicyclic) bond motifs is 1. The lowest BCUT2D eigenvalue weighted by Crippen LogP contribution is -2.36. The number of aliphatic hydroxyl groups is 2. The first-order chi connectivity index (χ1) is 15.8. The Morgan fingerprint density at radius 3 is 2.79 bits per heavy atom. The zero-order chi connectivity index (χ0) is 23.4. The van der Waals surface area contributed by atoms with Crippen LogP contribution in [-0.2, 0) is 6.54 Å². The molecule has 1 fully saturated rings. The van der Waals surface area contributed by atoms with Gasteiger partial charge in [0.1, 0.15) is 28.4 Å². The van der Waals surface area contributed by atoms with E-state index in [0.717, 1.165) is 46.6 Å². The van der Waals surface area contributed by atoms with Crippen molar-refractivity contribution in [3.63, 3.8) is 0 Å². The van der Waals surface area contributed by atoms with Crippen LogP contribution in [0.25, 0.3) is 10.2 Å². The molecule has 4 rings (SSSR count). The zero-order valence-electron chi connectivity index (χ0n) is 19.1. The number of ether oxygens (including phenoxy) is 1. The molecule has 0 bridgehead atoms. The van der Waals surface area contributed by atoms with Crippen LogP contribution in [0.2, 0.25) is 0 Å². The van der Waals surface area contributed by atoms with Crippen LogP contribution in [0.1, 0.15) is 50.8 Å². The molecular weight excluding hydrogens is 438 g/mol. The molecule has 0 spiro atoms. The summed E-state index contributed by atoms with van der Waals surface area (Å²) in [5.74, 6) is 6.87. The summed E-state index contributed by atoms with van der Waals surface area (Å²) in [6.45, 7) is 3.76. The summed E-state index contributed by atoms with van der Waals surface area (Å²) in [5.41, 5.74) is 1.22. The molecule has 9 heteroatoms. The van der Waals surface area contributed by atoms with Gasteiger partial charge in [0.25, 0.3) is 0 Å². The lowest BCUT2D eigenvalue weighted by Gasteiger charge is -2.27. The molecule has 1 aliphatic carbocycles. The highest BCUT2D eigenvalue weighted by atomic mass is 32.1. The van der Waals surface area contributed by atoms with E-state index in [9.17, 15) is 10.2 Å². The van der Waals surface area contributed by atoms with Gasteiger partial charge in [-0.25, -0.2) is 9.97 Å². The highest BCUT2D eigenvalue weighted by Crippen LogP contribution is 2.35. The molecule has 2 atom stereocenters. The summed E-state index contributed by atoms with van der Waals surface area (Å²) >= 11 is 1.56. The maximum absolute atomic E-state index is 10.3. The van der Waals surface area contributed by atoms with E-state index >= 15 is 0 Å². The topological polar surface area (TPSA) is 112 Å². The SMILES string of the molecule is COc1cc(CNc2cncc(C#CC(C)(C)O)n2)cc2sc(NC3CCCC[C@H]3O)nc12. The Kier molecular flexibility index (Phi) is 6.98. The fourth-order valence-corrected chi connectivity index (χ4v) is 4.74. The van der Waals surface area contributed by atoms with Gasteiger partial charge in [0.15, 0.2) is 5.13 Å². The van der Waals surface area contributed by atoms with Crippen molar-refractivity contribution in [3.05, 3.63) is 35.8 Å². The van der Waals surface area contributed by atoms with E-state index in [1.807, 2.05) is 6.07 Å². The van der Waals surface area contributed by atoms with E-state index in [-0.39, 0.29) is 12.1 Å². The number of anilines is 2. The Hall–Kier alpha value is -2.93. The van der Waals surface area contributed by atoms with Crippen LogP contribution in [-0.4, -0.2) is 50.0 Å². The standard InChI is InChI=1S/C24H29N5O3S/c1-24(2,31)9-8-16-13-25-14-21(27-16)26-12-15-10-19(32-3)22-20(11-15)33-23(29-22)28-17-6-4-5-7-18(17)30/h10-11,13-14,17-18,30-31H,4-7,12H2,1-3H3,(H,26,27)(H,28,29)/t17?,18-/m1/s1. The third-order valence-corrected chi connectivity index (χ3v) is 6.32. The van der Waals surface area contributed by atoms with Crippen LogP contribution in [0.4, 0.5) is 10.9 Å². The van der Waals surface area contributed by atoms with Gasteiger partial charge in [-0.15, -0.1) is 0 Å². The largest absolute Gasteiger partial charge is 0.494 e. The van der Waals surface area contributed by atoms with Gasteiger partial charge in [-0.2, -0.15) is 0 Å². The number of nitrogens with one attached hydrogen (secondary N) is 2. The highest BCUT2D eigenvalue weighted by molar-refractivity contribution is 7.22. The molecule has 174 valence electrons. The molecule has 0 aliphatic heterocycles. The first kappa shape index (κ1) is 23.2. The van der Waals surface area contributed by atoms with Crippen molar-refractivity contribution in [1.29, 1.82) is 0 Å². The smallest absolute Gasteiger partial charge is 0.184 e. The van der Waals surface area contributed by atoms with Gasteiger partial charge < -0.3 is 25.6 Å². The molecule has 2 heterocycles. The van der Waals surface area contributed by atoms with Gasteiger partial charge in [-0.3, -0.25) is 4.98 Å². The second-order valence-electron chi connectivity index (χ2n) is 8.72. The summed E-state index contributed by atoms with van der Waals surface area (Å²) < 4.78 is 6.61. The van der Waals surface area contributed by atoms with Gasteiger partial charge in [-0.05, 0) is 50.3 Å². The minimum atomic E-state index is -1.09. The summed E-state index contributed by atoms with van der Waals surface area (Å²) in [7, 11) is 1.64. The van der Waals surface area contributed by atoms with Gasteiger partial charge >= 0.3 is 0 Å². The molecule has 8 nitrogen and oxygen atoms in total. The van der Waals surface area contributed by atoms with E-state index in [1.165, 1.54) is 0 Å². The molecule has 0 radical (unpaired) electrons. The van der Waals surface area contributed by atoms with E-state index in [1.54, 1.807) is 44.7 Å². The van der Waals surface area contributed by atoms with Crippen molar-refractivity contribution < 1.29 is 14.9 Å². The number of hydrogen-bond acceptors (Lipinski definition) is 9. The van der Waals surface area contributed by atoms with Crippen molar-refractivity contribution in [2.75, 3.05) is 17.7 Å². The Balaban J connectivity index is 1.49. The van der Waals surface area contributed by atoms with Gasteiger partial charge in [-0.1, -0.05) is 30.1 Å². The van der Waals surface area contributed by atoms with E-state index in [2.05, 4.69) is 38.5 Å². The maximum Gasteiger partial charge on any atom is 0.184 e. The molecule has 33 heavy (non-hydrogen) atoms. The van der Waals surface area contributed by atoms with E-state index in [4.69, 9.17) is 9.72 Å². The molecule has 0 amide bonds. The molecule has 1 aliphatic rings. The molecule has 0 saturated heterocycles. The van der Waals surface area contributed by atoms with Gasteiger partial charge in [0.2, 0.25) is 0 Å². The van der Waals surface area contributed by atoms with Crippen molar-refractivity contribution >= 4 is 32.5 Å². The number of thiazole rings is 1. The number of aromatic nitrogens is 3. The molecule has 1 unspecified atom stereocenters. The Morgan fingerprint density at radius 1 is 1.21 bits per heavy atom. The number of nitrogens with zero attached hydrogens (tertiary/aromatic N) is 3. The van der Waals surface area contributed by atoms with Gasteiger partial charge in [0.05, 0.1) is 36.3 Å². The van der Waals surface area contributed by atoms with Crippen LogP contribution < -0.4 is 15.4 Å². The highest BCUT2D eigenvalue weighted by Gasteiger charge is 2.24. The number of aliphatic hydroxyl groups excluding tert-OH is 1. The molecule has 1 aromatic carbocycles. The third-order valence-electron chi connectivity index (χ3n) is 5.38. The predicted octanol–water partition coefficient (Wildman–Crippen LogP) is 3.54. The molecule has 4 N–H and O–H groups in total. The zero-order valence-corrected chi connectivity index (χ0v) is 19.9. The van der Waals surface area contributed by atoms with E-state index < -0.39 is 5.60 Å². The molecule has 3 aromatic rings. The Labute approximate surface area is 197 Å². The molecular formula is C24H29N5O3S. The fraction of sp³-hybridized carbons (Fsp3) is 0.458. The normalized spacial score (nSPS) is 18.5. The minimum Gasteiger partial charge on any atom is -0.494 e. The number of benzene rings is 1. The van der Waals surface area contributed by atoms with Crippen molar-refractivity contribution in [1.82, 2.24) is 15.0 Å². The second-order valence-corrected chi connectivity index (χ2v) is 9.75. The van der Waals surface area contributed by atoms with Crippen molar-refractivity contribution in [2.24, 2.45) is 0 Å². The number of hydrogen-bond donors (Lipinski definition) is 4. The van der Waals surface area contributed by atoms with Crippen LogP contribution in [0, 0.1) is 11.8 Å². The average Bonchev–Trinajstić information content (AvgIpc) is 3.19. The first-order valence-corrected chi connectivity index (χ1v) is 11.9. The lowest BCUT2D eigenvalue weighted by atomic mass is 9.93. The van der Waals surface area contributed by atoms with Crippen molar-refractivity contribution in [2.45, 2.75) is 63.8 Å². The summed E-state index contributed by atoms with van der Waals surface area (Å²) in [6.07, 6.45) is 6.83. The van der Waals surface area contributed by atoms with Gasteiger partial charge in [0, 0.05) is 6.54 Å². The van der Waals surface area contributed by atoms with Crippen LogP contribution >= 0.6 is 11.3 Å². The average molecular weight is 468 g/mol. The van der Waals surface area contributed by atoms with Crippen molar-refractivity contribution in [3.8, 4) is 17.6 Å². The summed E-state index contributed by atoms with van der Waals surface area (Å²) in [6, 6.07) is 4.08.